The van der Waals surface area contributed by atoms with E-state index in [1.807, 2.05) is 30.0 Å². The fourth-order valence-electron chi connectivity index (χ4n) is 2.87. The zero-order valence-corrected chi connectivity index (χ0v) is 15.6. The van der Waals surface area contributed by atoms with Crippen molar-refractivity contribution in [3.8, 4) is 11.1 Å². The molecular weight excluding hydrogens is 349 g/mol. The molecule has 1 fully saturated rings. The summed E-state index contributed by atoms with van der Waals surface area (Å²) in [5.41, 5.74) is 3.30. The second kappa shape index (κ2) is 10.3. The standard InChI is InChI=1S/C18H20FN3O.C2H4O2.H2/c1-13-5-6-16(21-18(23)22-7-3-2-4-8-22)10-17(13)14-9-15(19)12-20-11-14;1-4-2-3;/h5-6,9-12H,2-4,7-8H2,1H3,(H,21,23);2H,1H3;1H. The maximum absolute atomic E-state index is 13.4. The number of hydrogen-bond donors (Lipinski definition) is 1. The van der Waals surface area contributed by atoms with Crippen LogP contribution in [0.3, 0.4) is 0 Å². The molecule has 1 aromatic carbocycles. The first kappa shape index (κ1) is 20.4. The second-order valence-electron chi connectivity index (χ2n) is 6.23. The van der Waals surface area contributed by atoms with E-state index in [9.17, 15) is 9.18 Å². The quantitative estimate of drug-likeness (QED) is 0.814. The van der Waals surface area contributed by atoms with Crippen molar-refractivity contribution in [1.82, 2.24) is 9.88 Å². The highest BCUT2D eigenvalue weighted by atomic mass is 19.1. The van der Waals surface area contributed by atoms with E-state index >= 15 is 0 Å². The SMILES string of the molecule is COC=O.Cc1ccc(NC(=O)N2CCCCC2)cc1-c1cncc(F)c1.[HH]. The molecule has 0 aliphatic carbocycles. The van der Waals surface area contributed by atoms with Gasteiger partial charge in [0.1, 0.15) is 5.82 Å². The summed E-state index contributed by atoms with van der Waals surface area (Å²) in [4.78, 5) is 27.0. The van der Waals surface area contributed by atoms with Gasteiger partial charge in [-0.1, -0.05) is 6.07 Å². The van der Waals surface area contributed by atoms with Gasteiger partial charge in [0.25, 0.3) is 6.47 Å². The number of amides is 2. The number of anilines is 1. The molecule has 1 saturated heterocycles. The Labute approximate surface area is 159 Å². The molecule has 6 nitrogen and oxygen atoms in total. The average Bonchev–Trinajstić information content (AvgIpc) is 2.70. The molecule has 0 radical (unpaired) electrons. The predicted molar refractivity (Wildman–Crippen MR) is 104 cm³/mol. The Balaban J connectivity index is 0.000000717. The van der Waals surface area contributed by atoms with Crippen molar-refractivity contribution in [2.24, 2.45) is 0 Å². The summed E-state index contributed by atoms with van der Waals surface area (Å²) in [6.45, 7) is 3.94. The Morgan fingerprint density at radius 1 is 1.26 bits per heavy atom. The van der Waals surface area contributed by atoms with Crippen LogP contribution in [0.1, 0.15) is 26.3 Å². The second-order valence-corrected chi connectivity index (χ2v) is 6.23. The Bertz CT molecular complexity index is 783. The number of piperidine rings is 1. The van der Waals surface area contributed by atoms with Crippen LogP contribution in [0.25, 0.3) is 11.1 Å². The van der Waals surface area contributed by atoms with Crippen LogP contribution >= 0.6 is 0 Å². The van der Waals surface area contributed by atoms with Gasteiger partial charge in [0, 0.05) is 32.0 Å². The zero-order valence-electron chi connectivity index (χ0n) is 15.6. The molecule has 1 aromatic heterocycles. The number of aromatic nitrogens is 1. The predicted octanol–water partition coefficient (Wildman–Crippen LogP) is 4.25. The number of urea groups is 1. The number of benzene rings is 1. The van der Waals surface area contributed by atoms with Crippen molar-refractivity contribution < 1.29 is 20.1 Å². The normalized spacial score (nSPS) is 13.2. The number of halogens is 1. The van der Waals surface area contributed by atoms with E-state index in [-0.39, 0.29) is 13.3 Å². The summed E-state index contributed by atoms with van der Waals surface area (Å²) in [6, 6.07) is 7.04. The van der Waals surface area contributed by atoms with Gasteiger partial charge in [-0.25, -0.2) is 9.18 Å². The highest BCUT2D eigenvalue weighted by molar-refractivity contribution is 5.90. The van der Waals surface area contributed by atoms with Crippen molar-refractivity contribution in [3.05, 3.63) is 48.0 Å². The molecule has 2 amide bonds. The molecule has 1 aliphatic rings. The molecule has 27 heavy (non-hydrogen) atoms. The van der Waals surface area contributed by atoms with E-state index < -0.39 is 0 Å². The number of carbonyl (C=O) groups excluding carboxylic acids is 2. The van der Waals surface area contributed by atoms with Gasteiger partial charge in [-0.3, -0.25) is 9.78 Å². The van der Waals surface area contributed by atoms with Gasteiger partial charge in [-0.15, -0.1) is 0 Å². The molecule has 146 valence electrons. The van der Waals surface area contributed by atoms with Crippen LogP contribution in [-0.2, 0) is 9.53 Å². The van der Waals surface area contributed by atoms with Crippen molar-refractivity contribution in [2.75, 3.05) is 25.5 Å². The van der Waals surface area contributed by atoms with Crippen LogP contribution in [0.4, 0.5) is 14.9 Å². The van der Waals surface area contributed by atoms with E-state index in [2.05, 4.69) is 15.0 Å². The minimum Gasteiger partial charge on any atom is -0.471 e. The van der Waals surface area contributed by atoms with Crippen LogP contribution in [-0.4, -0.2) is 42.6 Å². The number of hydrogen-bond acceptors (Lipinski definition) is 4. The molecule has 1 aliphatic heterocycles. The van der Waals surface area contributed by atoms with Crippen molar-refractivity contribution in [2.45, 2.75) is 26.2 Å². The molecule has 7 heteroatoms. The molecule has 3 rings (SSSR count). The first-order valence-corrected chi connectivity index (χ1v) is 8.79. The minimum absolute atomic E-state index is 0. The lowest BCUT2D eigenvalue weighted by Crippen LogP contribution is -2.38. The number of ether oxygens (including phenoxy) is 1. The number of likely N-dealkylation sites (tertiary alicyclic amines) is 1. The summed E-state index contributed by atoms with van der Waals surface area (Å²) < 4.78 is 17.3. The first-order chi connectivity index (χ1) is 13.0. The Morgan fingerprint density at radius 3 is 2.59 bits per heavy atom. The molecule has 0 unspecified atom stereocenters. The molecule has 0 atom stereocenters. The molecule has 0 spiro atoms. The zero-order chi connectivity index (χ0) is 19.6. The van der Waals surface area contributed by atoms with Crippen LogP contribution in [0, 0.1) is 12.7 Å². The molecule has 2 heterocycles. The van der Waals surface area contributed by atoms with Gasteiger partial charge < -0.3 is 15.0 Å². The van der Waals surface area contributed by atoms with Gasteiger partial charge in [-0.05, 0) is 55.5 Å². The van der Waals surface area contributed by atoms with Gasteiger partial charge >= 0.3 is 6.03 Å². The maximum Gasteiger partial charge on any atom is 0.321 e. The van der Waals surface area contributed by atoms with Crippen LogP contribution < -0.4 is 5.32 Å². The fourth-order valence-corrected chi connectivity index (χ4v) is 2.87. The Morgan fingerprint density at radius 2 is 1.96 bits per heavy atom. The lowest BCUT2D eigenvalue weighted by molar-refractivity contribution is -0.126. The van der Waals surface area contributed by atoms with Gasteiger partial charge in [0.05, 0.1) is 13.3 Å². The van der Waals surface area contributed by atoms with Crippen LogP contribution in [0.2, 0.25) is 0 Å². The van der Waals surface area contributed by atoms with Gasteiger partial charge in [0.15, 0.2) is 0 Å². The summed E-state index contributed by atoms with van der Waals surface area (Å²) >= 11 is 0. The molecule has 0 saturated carbocycles. The highest BCUT2D eigenvalue weighted by Crippen LogP contribution is 2.27. The number of nitrogens with one attached hydrogen (secondary N) is 1. The van der Waals surface area contributed by atoms with Crippen molar-refractivity contribution in [1.29, 1.82) is 0 Å². The van der Waals surface area contributed by atoms with E-state index in [4.69, 9.17) is 4.79 Å². The molecular formula is C20H26FN3O3. The summed E-state index contributed by atoms with van der Waals surface area (Å²) in [6.07, 6.45) is 6.11. The number of pyridine rings is 1. The number of rotatable bonds is 3. The molecule has 1 N–H and O–H groups in total. The number of nitrogens with zero attached hydrogens (tertiary/aromatic N) is 2. The lowest BCUT2D eigenvalue weighted by atomic mass is 10.0. The van der Waals surface area contributed by atoms with E-state index in [0.29, 0.717) is 17.7 Å². The summed E-state index contributed by atoms with van der Waals surface area (Å²) in [5.74, 6) is -0.371. The summed E-state index contributed by atoms with van der Waals surface area (Å²) in [5, 5.41) is 2.94. The van der Waals surface area contributed by atoms with Crippen LogP contribution in [0.15, 0.2) is 36.7 Å². The number of carbonyl (C=O) groups is 2. The number of methoxy groups -OCH3 is 1. The third kappa shape index (κ3) is 6.06. The summed E-state index contributed by atoms with van der Waals surface area (Å²) in [7, 11) is 1.31. The lowest BCUT2D eigenvalue weighted by Gasteiger charge is -2.27. The average molecular weight is 375 g/mol. The molecule has 2 aromatic rings. The van der Waals surface area contributed by atoms with E-state index in [1.54, 1.807) is 6.20 Å². The smallest absolute Gasteiger partial charge is 0.321 e. The van der Waals surface area contributed by atoms with E-state index in [1.165, 1.54) is 25.8 Å². The molecule has 0 bridgehead atoms. The van der Waals surface area contributed by atoms with Crippen LogP contribution in [0.5, 0.6) is 0 Å². The van der Waals surface area contributed by atoms with Crippen molar-refractivity contribution >= 4 is 18.2 Å². The van der Waals surface area contributed by atoms with Gasteiger partial charge in [0.2, 0.25) is 0 Å². The topological polar surface area (TPSA) is 71.5 Å². The Hall–Kier alpha value is -2.96. The van der Waals surface area contributed by atoms with E-state index in [0.717, 1.165) is 37.1 Å². The fraction of sp³-hybridized carbons (Fsp3) is 0.350. The maximum atomic E-state index is 13.4. The minimum atomic E-state index is -0.371. The highest BCUT2D eigenvalue weighted by Gasteiger charge is 2.16. The third-order valence-electron chi connectivity index (χ3n) is 4.24. The van der Waals surface area contributed by atoms with Gasteiger partial charge in [-0.2, -0.15) is 0 Å². The largest absolute Gasteiger partial charge is 0.471 e. The monoisotopic (exact) mass is 375 g/mol. The van der Waals surface area contributed by atoms with Crippen molar-refractivity contribution in [3.63, 3.8) is 0 Å². The third-order valence-corrected chi connectivity index (χ3v) is 4.24. The first-order valence-electron chi connectivity index (χ1n) is 8.79. The number of aryl methyl sites for hydroxylation is 1. The Kier molecular flexibility index (Phi) is 7.73.